The van der Waals surface area contributed by atoms with Crippen LogP contribution < -0.4 is 5.32 Å². The van der Waals surface area contributed by atoms with Crippen molar-refractivity contribution in [3.05, 3.63) is 47.7 Å². The highest BCUT2D eigenvalue weighted by Gasteiger charge is 2.12. The predicted octanol–water partition coefficient (Wildman–Crippen LogP) is 3.09. The predicted molar refractivity (Wildman–Crippen MR) is 99.6 cm³/mol. The minimum atomic E-state index is -0.0213. The Kier molecular flexibility index (Phi) is 5.76. The average molecular weight is 338 g/mol. The number of carbonyl (C=O) groups excluding carboxylic acids is 1. The second-order valence-corrected chi connectivity index (χ2v) is 6.88. The minimum Gasteiger partial charge on any atom is -0.351 e. The van der Waals surface area contributed by atoms with Gasteiger partial charge in [0.25, 0.3) is 5.91 Å². The van der Waals surface area contributed by atoms with Gasteiger partial charge in [0.2, 0.25) is 0 Å². The number of nitrogens with one attached hydrogen (secondary N) is 1. The Balaban J connectivity index is 1.56. The first kappa shape index (κ1) is 17.5. The Bertz CT molecular complexity index is 689. The minimum absolute atomic E-state index is 0.0213. The SMILES string of the molecule is CC(C)c1ccc(-c2ccc(C(=O)NCCN3CCCC3)cc2)nn1. The van der Waals surface area contributed by atoms with Crippen molar-refractivity contribution in [2.24, 2.45) is 0 Å². The van der Waals surface area contributed by atoms with Crippen molar-refractivity contribution >= 4 is 5.91 Å². The first-order valence-corrected chi connectivity index (χ1v) is 9.08. The van der Waals surface area contributed by atoms with Crippen LogP contribution in [0, 0.1) is 0 Å². The lowest BCUT2D eigenvalue weighted by atomic mass is 10.1. The number of aromatic nitrogens is 2. The fourth-order valence-electron chi connectivity index (χ4n) is 3.03. The van der Waals surface area contributed by atoms with Crippen LogP contribution in [0.25, 0.3) is 11.3 Å². The van der Waals surface area contributed by atoms with E-state index >= 15 is 0 Å². The van der Waals surface area contributed by atoms with Crippen molar-refractivity contribution in [3.63, 3.8) is 0 Å². The Hall–Kier alpha value is -2.27. The number of carbonyl (C=O) groups is 1. The van der Waals surface area contributed by atoms with Crippen LogP contribution >= 0.6 is 0 Å². The van der Waals surface area contributed by atoms with Gasteiger partial charge in [-0.05, 0) is 56.1 Å². The molecule has 132 valence electrons. The molecule has 1 aromatic heterocycles. The summed E-state index contributed by atoms with van der Waals surface area (Å²) in [5, 5.41) is 11.5. The molecule has 0 atom stereocenters. The number of nitrogens with zero attached hydrogens (tertiary/aromatic N) is 3. The zero-order valence-electron chi connectivity index (χ0n) is 15.0. The lowest BCUT2D eigenvalue weighted by Crippen LogP contribution is -2.33. The Morgan fingerprint density at radius 1 is 1.08 bits per heavy atom. The molecule has 0 radical (unpaired) electrons. The third-order valence-corrected chi connectivity index (χ3v) is 4.63. The summed E-state index contributed by atoms with van der Waals surface area (Å²) in [7, 11) is 0. The molecule has 0 spiro atoms. The van der Waals surface area contributed by atoms with E-state index in [0.29, 0.717) is 18.0 Å². The van der Waals surface area contributed by atoms with Crippen LogP contribution in [0.15, 0.2) is 36.4 Å². The van der Waals surface area contributed by atoms with Gasteiger partial charge in [-0.2, -0.15) is 10.2 Å². The molecule has 1 saturated heterocycles. The zero-order chi connectivity index (χ0) is 17.6. The van der Waals surface area contributed by atoms with E-state index in [1.165, 1.54) is 12.8 Å². The molecule has 0 aliphatic carbocycles. The van der Waals surface area contributed by atoms with Crippen molar-refractivity contribution in [1.82, 2.24) is 20.4 Å². The van der Waals surface area contributed by atoms with Crippen molar-refractivity contribution in [2.75, 3.05) is 26.2 Å². The standard InChI is InChI=1S/C20H26N4O/c1-15(2)18-9-10-19(23-22-18)16-5-7-17(8-6-16)20(25)21-11-14-24-12-3-4-13-24/h5-10,15H,3-4,11-14H2,1-2H3,(H,21,25). The highest BCUT2D eigenvalue weighted by atomic mass is 16.1. The Labute approximate surface area is 149 Å². The maximum Gasteiger partial charge on any atom is 0.251 e. The Morgan fingerprint density at radius 2 is 1.80 bits per heavy atom. The van der Waals surface area contributed by atoms with Gasteiger partial charge in [-0.25, -0.2) is 0 Å². The van der Waals surface area contributed by atoms with Gasteiger partial charge in [-0.1, -0.05) is 26.0 Å². The number of hydrogen-bond acceptors (Lipinski definition) is 4. The van der Waals surface area contributed by atoms with Crippen molar-refractivity contribution in [3.8, 4) is 11.3 Å². The molecular formula is C20H26N4O. The summed E-state index contributed by atoms with van der Waals surface area (Å²) < 4.78 is 0. The van der Waals surface area contributed by atoms with Crippen LogP contribution in [0.1, 0.15) is 48.7 Å². The molecule has 1 N–H and O–H groups in total. The molecule has 1 aliphatic rings. The number of likely N-dealkylation sites (tertiary alicyclic amines) is 1. The van der Waals surface area contributed by atoms with E-state index in [-0.39, 0.29) is 5.91 Å². The molecule has 2 heterocycles. The molecule has 1 amide bonds. The first-order chi connectivity index (χ1) is 12.1. The normalized spacial score (nSPS) is 14.8. The van der Waals surface area contributed by atoms with Crippen LogP contribution in [0.3, 0.4) is 0 Å². The van der Waals surface area contributed by atoms with Gasteiger partial charge < -0.3 is 10.2 Å². The highest BCUT2D eigenvalue weighted by molar-refractivity contribution is 5.94. The summed E-state index contributed by atoms with van der Waals surface area (Å²) in [6.45, 7) is 8.13. The third kappa shape index (κ3) is 4.63. The zero-order valence-corrected chi connectivity index (χ0v) is 15.0. The van der Waals surface area contributed by atoms with Crippen molar-refractivity contribution in [1.29, 1.82) is 0 Å². The van der Waals surface area contributed by atoms with Gasteiger partial charge in [0.1, 0.15) is 0 Å². The summed E-state index contributed by atoms with van der Waals surface area (Å²) in [5.41, 5.74) is 3.46. The van der Waals surface area contributed by atoms with E-state index < -0.39 is 0 Å². The van der Waals surface area contributed by atoms with E-state index in [1.54, 1.807) is 0 Å². The van der Waals surface area contributed by atoms with Gasteiger partial charge in [0.05, 0.1) is 11.4 Å². The third-order valence-electron chi connectivity index (χ3n) is 4.63. The molecule has 2 aromatic rings. The monoisotopic (exact) mass is 338 g/mol. The average Bonchev–Trinajstić information content (AvgIpc) is 3.15. The molecule has 5 heteroatoms. The molecule has 5 nitrogen and oxygen atoms in total. The summed E-state index contributed by atoms with van der Waals surface area (Å²) in [5.74, 6) is 0.347. The number of hydrogen-bond donors (Lipinski definition) is 1. The largest absolute Gasteiger partial charge is 0.351 e. The van der Waals surface area contributed by atoms with Crippen LogP contribution in [0.4, 0.5) is 0 Å². The van der Waals surface area contributed by atoms with Crippen LogP contribution in [-0.4, -0.2) is 47.2 Å². The lowest BCUT2D eigenvalue weighted by molar-refractivity contribution is 0.0950. The van der Waals surface area contributed by atoms with E-state index in [4.69, 9.17) is 0 Å². The van der Waals surface area contributed by atoms with Crippen LogP contribution in [0.2, 0.25) is 0 Å². The van der Waals surface area contributed by atoms with Crippen molar-refractivity contribution in [2.45, 2.75) is 32.6 Å². The second kappa shape index (κ2) is 8.21. The van der Waals surface area contributed by atoms with Gasteiger partial charge >= 0.3 is 0 Å². The molecule has 1 aliphatic heterocycles. The molecule has 1 aromatic carbocycles. The molecule has 1 fully saturated rings. The number of rotatable bonds is 6. The second-order valence-electron chi connectivity index (χ2n) is 6.88. The van der Waals surface area contributed by atoms with Crippen molar-refractivity contribution < 1.29 is 4.79 Å². The summed E-state index contributed by atoms with van der Waals surface area (Å²) in [6.07, 6.45) is 2.55. The van der Waals surface area contributed by atoms with Crippen LogP contribution in [0.5, 0.6) is 0 Å². The highest BCUT2D eigenvalue weighted by Crippen LogP contribution is 2.19. The summed E-state index contributed by atoms with van der Waals surface area (Å²) >= 11 is 0. The van der Waals surface area contributed by atoms with E-state index in [1.807, 2.05) is 36.4 Å². The van der Waals surface area contributed by atoms with Gasteiger partial charge in [-0.3, -0.25) is 4.79 Å². The summed E-state index contributed by atoms with van der Waals surface area (Å²) in [4.78, 5) is 14.6. The van der Waals surface area contributed by atoms with E-state index in [9.17, 15) is 4.79 Å². The fraction of sp³-hybridized carbons (Fsp3) is 0.450. The number of benzene rings is 1. The quantitative estimate of drug-likeness (QED) is 0.879. The van der Waals surface area contributed by atoms with E-state index in [0.717, 1.165) is 36.6 Å². The fourth-order valence-corrected chi connectivity index (χ4v) is 3.03. The van der Waals surface area contributed by atoms with Gasteiger partial charge in [0, 0.05) is 24.2 Å². The summed E-state index contributed by atoms with van der Waals surface area (Å²) in [6, 6.07) is 11.5. The topological polar surface area (TPSA) is 58.1 Å². The molecule has 0 bridgehead atoms. The molecular weight excluding hydrogens is 312 g/mol. The van der Waals surface area contributed by atoms with Crippen LogP contribution in [-0.2, 0) is 0 Å². The lowest BCUT2D eigenvalue weighted by Gasteiger charge is -2.14. The van der Waals surface area contributed by atoms with E-state index in [2.05, 4.69) is 34.3 Å². The smallest absolute Gasteiger partial charge is 0.251 e. The maximum atomic E-state index is 12.2. The number of amides is 1. The molecule has 0 unspecified atom stereocenters. The van der Waals surface area contributed by atoms with Gasteiger partial charge in [0.15, 0.2) is 0 Å². The molecule has 25 heavy (non-hydrogen) atoms. The maximum absolute atomic E-state index is 12.2. The Morgan fingerprint density at radius 3 is 2.40 bits per heavy atom. The first-order valence-electron chi connectivity index (χ1n) is 9.08. The molecule has 0 saturated carbocycles. The van der Waals surface area contributed by atoms with Gasteiger partial charge in [-0.15, -0.1) is 0 Å². The molecule has 3 rings (SSSR count).